The van der Waals surface area contributed by atoms with Gasteiger partial charge in [-0.15, -0.1) is 11.6 Å². The molecule has 22 heavy (non-hydrogen) atoms. The van der Waals surface area contributed by atoms with Crippen LogP contribution in [0.3, 0.4) is 0 Å². The van der Waals surface area contributed by atoms with Crippen molar-refractivity contribution >= 4 is 23.5 Å². The number of aliphatic hydroxyl groups is 3. The molecule has 4 N–H and O–H groups in total. The van der Waals surface area contributed by atoms with Crippen molar-refractivity contribution in [1.82, 2.24) is 5.32 Å². The van der Waals surface area contributed by atoms with Crippen LogP contribution >= 0.6 is 11.6 Å². The number of ether oxygens (including phenoxy) is 1. The fourth-order valence-corrected chi connectivity index (χ4v) is 4.19. The molecule has 2 saturated heterocycles. The Balaban J connectivity index is 1.85. The summed E-state index contributed by atoms with van der Waals surface area (Å²) in [6.07, 6.45) is -2.24. The zero-order valence-corrected chi connectivity index (χ0v) is 12.7. The number of esters is 1. The summed E-state index contributed by atoms with van der Waals surface area (Å²) >= 11 is 5.68. The third-order valence-corrected chi connectivity index (χ3v) is 5.43. The number of carbonyl (C=O) groups is 2. The van der Waals surface area contributed by atoms with Crippen LogP contribution in [0.1, 0.15) is 25.7 Å². The van der Waals surface area contributed by atoms with Gasteiger partial charge in [-0.3, -0.25) is 4.79 Å². The van der Waals surface area contributed by atoms with Gasteiger partial charge in [-0.25, -0.2) is 4.79 Å². The molecule has 3 fully saturated rings. The van der Waals surface area contributed by atoms with Gasteiger partial charge in [-0.2, -0.15) is 0 Å². The van der Waals surface area contributed by atoms with Gasteiger partial charge >= 0.3 is 5.97 Å². The predicted molar refractivity (Wildman–Crippen MR) is 74.9 cm³/mol. The molecule has 2 unspecified atom stereocenters. The van der Waals surface area contributed by atoms with Crippen LogP contribution in [-0.4, -0.2) is 63.0 Å². The first-order valence-electron chi connectivity index (χ1n) is 7.56. The average Bonchev–Trinajstić information content (AvgIpc) is 2.71. The Labute approximate surface area is 132 Å². The lowest BCUT2D eigenvalue weighted by atomic mass is 9.69. The van der Waals surface area contributed by atoms with Crippen molar-refractivity contribution in [2.24, 2.45) is 11.8 Å². The normalized spacial score (nSPS) is 45.5. The second-order valence-corrected chi connectivity index (χ2v) is 6.74. The maximum atomic E-state index is 12.1. The SMILES string of the molecule is O=C1N[C@@]2([C@@H](O)[C@H]3CCCC(O)C3O)C(=O)O[C@H]2[C@H]1CCCl. The Morgan fingerprint density at radius 3 is 2.73 bits per heavy atom. The second-order valence-electron chi connectivity index (χ2n) is 6.37. The minimum Gasteiger partial charge on any atom is -0.456 e. The molecule has 0 aromatic carbocycles. The van der Waals surface area contributed by atoms with Crippen molar-refractivity contribution in [2.75, 3.05) is 5.88 Å². The van der Waals surface area contributed by atoms with Crippen LogP contribution in [0.25, 0.3) is 0 Å². The molecule has 0 radical (unpaired) electrons. The number of alkyl halides is 1. The van der Waals surface area contributed by atoms with Crippen LogP contribution in [0.2, 0.25) is 0 Å². The van der Waals surface area contributed by atoms with Gasteiger partial charge in [0.1, 0.15) is 6.10 Å². The number of hydrogen-bond acceptors (Lipinski definition) is 6. The lowest BCUT2D eigenvalue weighted by molar-refractivity contribution is -0.215. The third kappa shape index (κ3) is 2.06. The van der Waals surface area contributed by atoms with Crippen molar-refractivity contribution in [3.05, 3.63) is 0 Å². The Kier molecular flexibility index (Phi) is 4.09. The van der Waals surface area contributed by atoms with Gasteiger partial charge in [-0.05, 0) is 19.3 Å². The highest BCUT2D eigenvalue weighted by molar-refractivity contribution is 6.18. The monoisotopic (exact) mass is 333 g/mol. The van der Waals surface area contributed by atoms with Crippen molar-refractivity contribution in [3.63, 3.8) is 0 Å². The number of nitrogens with one attached hydrogen (secondary N) is 1. The van der Waals surface area contributed by atoms with E-state index in [0.717, 1.165) is 0 Å². The van der Waals surface area contributed by atoms with Crippen LogP contribution < -0.4 is 5.32 Å². The Bertz CT molecular complexity index is 488. The molecule has 2 heterocycles. The zero-order chi connectivity index (χ0) is 16.1. The average molecular weight is 334 g/mol. The molecular weight excluding hydrogens is 314 g/mol. The molecule has 8 heteroatoms. The second kappa shape index (κ2) is 5.63. The molecule has 0 aromatic rings. The van der Waals surface area contributed by atoms with Gasteiger partial charge in [0.15, 0.2) is 0 Å². The quantitative estimate of drug-likeness (QED) is 0.384. The van der Waals surface area contributed by atoms with Crippen molar-refractivity contribution in [2.45, 2.75) is 55.6 Å². The third-order valence-electron chi connectivity index (χ3n) is 5.22. The van der Waals surface area contributed by atoms with E-state index in [0.29, 0.717) is 25.7 Å². The topological polar surface area (TPSA) is 116 Å². The number of carbonyl (C=O) groups excluding carboxylic acids is 2. The fourth-order valence-electron chi connectivity index (χ4n) is 3.95. The van der Waals surface area contributed by atoms with Crippen LogP contribution in [0.5, 0.6) is 0 Å². The molecule has 0 aromatic heterocycles. The van der Waals surface area contributed by atoms with Crippen LogP contribution in [0, 0.1) is 11.8 Å². The van der Waals surface area contributed by atoms with E-state index in [2.05, 4.69) is 5.32 Å². The standard InChI is InChI=1S/C14H20ClNO6/c15-5-4-7-11-14(13(21)22-11,16-12(7)20)10(19)6-2-1-3-8(17)9(6)18/h6-11,17-19H,1-5H2,(H,16,20)/t6-,7+,8?,9?,10-,11-,14+/m0/s1. The van der Waals surface area contributed by atoms with Gasteiger partial charge < -0.3 is 25.4 Å². The van der Waals surface area contributed by atoms with Gasteiger partial charge in [0.2, 0.25) is 11.4 Å². The van der Waals surface area contributed by atoms with Crippen molar-refractivity contribution < 1.29 is 29.6 Å². The molecular formula is C14H20ClNO6. The number of aliphatic hydroxyl groups excluding tert-OH is 3. The molecule has 124 valence electrons. The Hall–Kier alpha value is -0.890. The first kappa shape index (κ1) is 16.0. The summed E-state index contributed by atoms with van der Waals surface area (Å²) in [5.41, 5.74) is -1.52. The van der Waals surface area contributed by atoms with E-state index in [1.54, 1.807) is 0 Å². The minimum atomic E-state index is -1.52. The predicted octanol–water partition coefficient (Wildman–Crippen LogP) is -1.09. The first-order valence-corrected chi connectivity index (χ1v) is 8.10. The number of rotatable bonds is 4. The van der Waals surface area contributed by atoms with E-state index in [9.17, 15) is 24.9 Å². The largest absolute Gasteiger partial charge is 0.456 e. The summed E-state index contributed by atoms with van der Waals surface area (Å²) < 4.78 is 5.09. The Morgan fingerprint density at radius 2 is 2.09 bits per heavy atom. The maximum absolute atomic E-state index is 12.1. The summed E-state index contributed by atoms with van der Waals surface area (Å²) in [5, 5.41) is 33.2. The Morgan fingerprint density at radius 1 is 1.36 bits per heavy atom. The van der Waals surface area contributed by atoms with Gasteiger partial charge in [0, 0.05) is 11.8 Å². The van der Waals surface area contributed by atoms with Crippen LogP contribution in [0.15, 0.2) is 0 Å². The van der Waals surface area contributed by atoms with E-state index < -0.39 is 47.8 Å². The van der Waals surface area contributed by atoms with Crippen LogP contribution in [-0.2, 0) is 14.3 Å². The van der Waals surface area contributed by atoms with E-state index in [-0.39, 0.29) is 11.8 Å². The maximum Gasteiger partial charge on any atom is 0.338 e. The van der Waals surface area contributed by atoms with Gasteiger partial charge in [-0.1, -0.05) is 6.42 Å². The smallest absolute Gasteiger partial charge is 0.338 e. The molecule has 3 aliphatic rings. The number of halogens is 1. The number of hydrogen-bond donors (Lipinski definition) is 4. The van der Waals surface area contributed by atoms with Gasteiger partial charge in [0.05, 0.1) is 24.2 Å². The van der Waals surface area contributed by atoms with E-state index in [1.807, 2.05) is 0 Å². The summed E-state index contributed by atoms with van der Waals surface area (Å²) in [7, 11) is 0. The van der Waals surface area contributed by atoms with E-state index in [4.69, 9.17) is 16.3 Å². The molecule has 3 rings (SSSR count). The molecule has 1 saturated carbocycles. The van der Waals surface area contributed by atoms with E-state index >= 15 is 0 Å². The number of fused-ring (bicyclic) bond motifs is 1. The highest BCUT2D eigenvalue weighted by Crippen LogP contribution is 2.46. The highest BCUT2D eigenvalue weighted by Gasteiger charge is 2.72. The molecule has 2 aliphatic heterocycles. The molecule has 7 atom stereocenters. The molecule has 0 spiro atoms. The lowest BCUT2D eigenvalue weighted by Gasteiger charge is -2.49. The zero-order valence-electron chi connectivity index (χ0n) is 11.9. The van der Waals surface area contributed by atoms with Crippen molar-refractivity contribution in [1.29, 1.82) is 0 Å². The van der Waals surface area contributed by atoms with Crippen LogP contribution in [0.4, 0.5) is 0 Å². The van der Waals surface area contributed by atoms with Crippen molar-refractivity contribution in [3.8, 4) is 0 Å². The number of amides is 1. The lowest BCUT2D eigenvalue weighted by Crippen LogP contribution is -2.75. The first-order chi connectivity index (χ1) is 10.4. The highest BCUT2D eigenvalue weighted by atomic mass is 35.5. The summed E-state index contributed by atoms with van der Waals surface area (Å²) in [5.74, 6) is -2.10. The van der Waals surface area contributed by atoms with E-state index in [1.165, 1.54) is 0 Å². The summed E-state index contributed by atoms with van der Waals surface area (Å²) in [6, 6.07) is 0. The minimum absolute atomic E-state index is 0.239. The van der Waals surface area contributed by atoms with Gasteiger partial charge in [0.25, 0.3) is 0 Å². The molecule has 7 nitrogen and oxygen atoms in total. The fraction of sp³-hybridized carbons (Fsp3) is 0.857. The summed E-state index contributed by atoms with van der Waals surface area (Å²) in [4.78, 5) is 24.1. The molecule has 0 bridgehead atoms. The molecule has 1 aliphatic carbocycles. The summed E-state index contributed by atoms with van der Waals surface area (Å²) in [6.45, 7) is 0. The molecule has 1 amide bonds.